The fourth-order valence-electron chi connectivity index (χ4n) is 2.41. The lowest BCUT2D eigenvalue weighted by Crippen LogP contribution is -2.31. The van der Waals surface area contributed by atoms with Crippen molar-refractivity contribution in [3.8, 4) is 0 Å². The summed E-state index contributed by atoms with van der Waals surface area (Å²) >= 11 is 1.68. The molecule has 2 aromatic heterocycles. The maximum Gasteiger partial charge on any atom is 0.223 e. The van der Waals surface area contributed by atoms with Gasteiger partial charge in [0.25, 0.3) is 0 Å². The predicted molar refractivity (Wildman–Crippen MR) is 91.0 cm³/mol. The quantitative estimate of drug-likeness (QED) is 0.803. The first-order chi connectivity index (χ1) is 10.6. The van der Waals surface area contributed by atoms with Crippen LogP contribution in [0.3, 0.4) is 0 Å². The molecule has 0 aliphatic heterocycles. The molecule has 5 heteroatoms. The Morgan fingerprint density at radius 2 is 2.23 bits per heavy atom. The molecule has 0 saturated heterocycles. The van der Waals surface area contributed by atoms with Crippen molar-refractivity contribution < 1.29 is 4.79 Å². The van der Waals surface area contributed by atoms with E-state index in [1.54, 1.807) is 11.3 Å². The standard InChI is InChI=1S/C17H25N3OS/c1-4-5-9-20(11-15-8-10-22-12-15)17(21)7-6-16-13(2)14(3)18-19-16/h8,10,12H,4-7,9,11H2,1-3H3,(H,18,19). The van der Waals surface area contributed by atoms with E-state index in [1.807, 2.05) is 11.8 Å². The third kappa shape index (κ3) is 4.44. The molecule has 0 fully saturated rings. The number of hydrogen-bond donors (Lipinski definition) is 1. The third-order valence-corrected chi connectivity index (χ3v) is 4.75. The highest BCUT2D eigenvalue weighted by atomic mass is 32.1. The number of nitrogens with one attached hydrogen (secondary N) is 1. The summed E-state index contributed by atoms with van der Waals surface area (Å²) in [7, 11) is 0. The van der Waals surface area contributed by atoms with Crippen LogP contribution in [0, 0.1) is 13.8 Å². The third-order valence-electron chi connectivity index (χ3n) is 4.02. The van der Waals surface area contributed by atoms with E-state index in [2.05, 4.69) is 40.9 Å². The highest BCUT2D eigenvalue weighted by Gasteiger charge is 2.15. The van der Waals surface area contributed by atoms with E-state index in [0.717, 1.165) is 37.3 Å². The van der Waals surface area contributed by atoms with E-state index >= 15 is 0 Å². The van der Waals surface area contributed by atoms with Crippen LogP contribution in [0.5, 0.6) is 0 Å². The molecule has 1 amide bonds. The minimum absolute atomic E-state index is 0.222. The normalized spacial score (nSPS) is 10.9. The number of nitrogens with zero attached hydrogens (tertiary/aromatic N) is 2. The number of aryl methyl sites for hydroxylation is 2. The molecule has 0 aliphatic rings. The van der Waals surface area contributed by atoms with Gasteiger partial charge in [-0.25, -0.2) is 0 Å². The Hall–Kier alpha value is -1.62. The van der Waals surface area contributed by atoms with Gasteiger partial charge in [0.2, 0.25) is 5.91 Å². The monoisotopic (exact) mass is 319 g/mol. The van der Waals surface area contributed by atoms with Crippen molar-refractivity contribution in [2.75, 3.05) is 6.54 Å². The summed E-state index contributed by atoms with van der Waals surface area (Å²) in [5.74, 6) is 0.222. The van der Waals surface area contributed by atoms with Crippen LogP contribution in [-0.2, 0) is 17.8 Å². The molecule has 0 aromatic carbocycles. The summed E-state index contributed by atoms with van der Waals surface area (Å²) in [5.41, 5.74) is 4.49. The van der Waals surface area contributed by atoms with Crippen LogP contribution in [0.2, 0.25) is 0 Å². The topological polar surface area (TPSA) is 49.0 Å². The van der Waals surface area contributed by atoms with Crippen LogP contribution < -0.4 is 0 Å². The number of thiophene rings is 1. The Morgan fingerprint density at radius 3 is 2.82 bits per heavy atom. The maximum atomic E-state index is 12.6. The zero-order chi connectivity index (χ0) is 15.9. The van der Waals surface area contributed by atoms with Crippen molar-refractivity contribution in [2.24, 2.45) is 0 Å². The number of amides is 1. The van der Waals surface area contributed by atoms with E-state index in [4.69, 9.17) is 0 Å². The first-order valence-electron chi connectivity index (χ1n) is 7.91. The first kappa shape index (κ1) is 16.7. The highest BCUT2D eigenvalue weighted by molar-refractivity contribution is 7.07. The predicted octanol–water partition coefficient (Wildman–Crippen LogP) is 3.85. The molecule has 22 heavy (non-hydrogen) atoms. The van der Waals surface area contributed by atoms with Crippen LogP contribution >= 0.6 is 11.3 Å². The van der Waals surface area contributed by atoms with Gasteiger partial charge in [-0.15, -0.1) is 0 Å². The highest BCUT2D eigenvalue weighted by Crippen LogP contribution is 2.14. The number of H-pyrrole nitrogens is 1. The Kier molecular flexibility index (Phi) is 6.19. The van der Waals surface area contributed by atoms with Gasteiger partial charge >= 0.3 is 0 Å². The fourth-order valence-corrected chi connectivity index (χ4v) is 3.07. The number of carbonyl (C=O) groups is 1. The van der Waals surface area contributed by atoms with Gasteiger partial charge in [0.1, 0.15) is 0 Å². The number of aromatic amines is 1. The molecule has 0 radical (unpaired) electrons. The van der Waals surface area contributed by atoms with Crippen LogP contribution in [-0.4, -0.2) is 27.5 Å². The molecular formula is C17H25N3OS. The zero-order valence-electron chi connectivity index (χ0n) is 13.7. The molecule has 0 unspecified atom stereocenters. The van der Waals surface area contributed by atoms with Crippen molar-refractivity contribution in [1.29, 1.82) is 0 Å². The largest absolute Gasteiger partial charge is 0.338 e. The zero-order valence-corrected chi connectivity index (χ0v) is 14.5. The molecule has 0 bridgehead atoms. The molecule has 0 spiro atoms. The average molecular weight is 319 g/mol. The van der Waals surface area contributed by atoms with Gasteiger partial charge < -0.3 is 4.90 Å². The molecule has 0 aliphatic carbocycles. The summed E-state index contributed by atoms with van der Waals surface area (Å²) in [4.78, 5) is 14.5. The number of aromatic nitrogens is 2. The second-order valence-corrected chi connectivity index (χ2v) is 6.50. The van der Waals surface area contributed by atoms with E-state index in [-0.39, 0.29) is 5.91 Å². The van der Waals surface area contributed by atoms with Gasteiger partial charge in [-0.2, -0.15) is 16.4 Å². The van der Waals surface area contributed by atoms with Gasteiger partial charge in [0.05, 0.1) is 5.69 Å². The average Bonchev–Trinajstić information content (AvgIpc) is 3.13. The molecule has 2 aromatic rings. The smallest absolute Gasteiger partial charge is 0.223 e. The summed E-state index contributed by atoms with van der Waals surface area (Å²) < 4.78 is 0. The van der Waals surface area contributed by atoms with Crippen LogP contribution in [0.1, 0.15) is 48.7 Å². The van der Waals surface area contributed by atoms with E-state index in [9.17, 15) is 4.79 Å². The Labute approximate surface area is 136 Å². The van der Waals surface area contributed by atoms with Crippen LogP contribution in [0.25, 0.3) is 0 Å². The van der Waals surface area contributed by atoms with Crippen LogP contribution in [0.15, 0.2) is 16.8 Å². The summed E-state index contributed by atoms with van der Waals surface area (Å²) in [5, 5.41) is 11.5. The molecule has 120 valence electrons. The Bertz CT molecular complexity index is 589. The van der Waals surface area contributed by atoms with Gasteiger partial charge in [-0.1, -0.05) is 13.3 Å². The fraction of sp³-hybridized carbons (Fsp3) is 0.529. The summed E-state index contributed by atoms with van der Waals surface area (Å²) in [6.07, 6.45) is 3.39. The molecule has 2 rings (SSSR count). The first-order valence-corrected chi connectivity index (χ1v) is 8.85. The van der Waals surface area contributed by atoms with Crippen molar-refractivity contribution >= 4 is 17.2 Å². The van der Waals surface area contributed by atoms with Gasteiger partial charge in [-0.3, -0.25) is 9.89 Å². The Morgan fingerprint density at radius 1 is 1.41 bits per heavy atom. The summed E-state index contributed by atoms with van der Waals surface area (Å²) in [6, 6.07) is 2.10. The van der Waals surface area contributed by atoms with Crippen LogP contribution in [0.4, 0.5) is 0 Å². The van der Waals surface area contributed by atoms with Crippen molar-refractivity contribution in [3.05, 3.63) is 39.3 Å². The summed E-state index contributed by atoms with van der Waals surface area (Å²) in [6.45, 7) is 7.78. The van der Waals surface area contributed by atoms with E-state index < -0.39 is 0 Å². The number of hydrogen-bond acceptors (Lipinski definition) is 3. The lowest BCUT2D eigenvalue weighted by Gasteiger charge is -2.22. The second kappa shape index (κ2) is 8.13. The molecule has 2 heterocycles. The SMILES string of the molecule is CCCCN(Cc1ccsc1)C(=O)CCc1n[nH]c(C)c1C. The molecule has 0 saturated carbocycles. The second-order valence-electron chi connectivity index (χ2n) is 5.72. The van der Waals surface area contributed by atoms with Gasteiger partial charge in [0.15, 0.2) is 0 Å². The van der Waals surface area contributed by atoms with Gasteiger partial charge in [-0.05, 0) is 48.2 Å². The number of unbranched alkanes of at least 4 members (excludes halogenated alkanes) is 1. The maximum absolute atomic E-state index is 12.6. The van der Waals surface area contributed by atoms with Gasteiger partial charge in [0, 0.05) is 31.6 Å². The Balaban J connectivity index is 1.94. The van der Waals surface area contributed by atoms with Crippen molar-refractivity contribution in [2.45, 2.75) is 53.0 Å². The van der Waals surface area contributed by atoms with Crippen molar-refractivity contribution in [1.82, 2.24) is 15.1 Å². The molecular weight excluding hydrogens is 294 g/mol. The molecule has 1 N–H and O–H groups in total. The van der Waals surface area contributed by atoms with Crippen molar-refractivity contribution in [3.63, 3.8) is 0 Å². The lowest BCUT2D eigenvalue weighted by molar-refractivity contribution is -0.131. The molecule has 4 nitrogen and oxygen atoms in total. The minimum atomic E-state index is 0.222. The minimum Gasteiger partial charge on any atom is -0.338 e. The van der Waals surface area contributed by atoms with E-state index in [0.29, 0.717) is 12.8 Å². The number of rotatable bonds is 8. The lowest BCUT2D eigenvalue weighted by atomic mass is 10.1. The van der Waals surface area contributed by atoms with E-state index in [1.165, 1.54) is 11.1 Å². The number of carbonyl (C=O) groups excluding carboxylic acids is 1. The molecule has 0 atom stereocenters.